The van der Waals surface area contributed by atoms with Crippen LogP contribution in [0.5, 0.6) is 11.5 Å². The predicted octanol–water partition coefficient (Wildman–Crippen LogP) is 4.45. The van der Waals surface area contributed by atoms with Gasteiger partial charge in [0.1, 0.15) is 11.5 Å². The van der Waals surface area contributed by atoms with E-state index >= 15 is 0 Å². The van der Waals surface area contributed by atoms with Crippen molar-refractivity contribution >= 4 is 34.0 Å². The number of rotatable bonds is 6. The Hall–Kier alpha value is -4.18. The Morgan fingerprint density at radius 1 is 1.18 bits per heavy atom. The van der Waals surface area contributed by atoms with E-state index in [9.17, 15) is 9.59 Å². The molecule has 9 nitrogen and oxygen atoms in total. The van der Waals surface area contributed by atoms with E-state index in [1.165, 1.54) is 11.3 Å². The van der Waals surface area contributed by atoms with Crippen molar-refractivity contribution in [2.24, 2.45) is 0 Å². The summed E-state index contributed by atoms with van der Waals surface area (Å²) >= 11 is 1.28. The lowest BCUT2D eigenvalue weighted by molar-refractivity contribution is -0.118. The van der Waals surface area contributed by atoms with E-state index in [2.05, 4.69) is 20.8 Å². The van der Waals surface area contributed by atoms with Crippen LogP contribution in [0.2, 0.25) is 0 Å². The standard InChI is InChI=1S/C23H18N4O5S/c1-2-30-15-6-3-13(4-7-15)20-10-17(27-32-20)22(29)26-23-25-18(12-33-23)14-5-8-19-16(9-14)24-21(28)11-31-19/h3-10,12H,2,11H2,1H3,(H,24,28)(H,25,26,29). The molecule has 2 amide bonds. The van der Waals surface area contributed by atoms with Gasteiger partial charge in [-0.3, -0.25) is 14.9 Å². The average Bonchev–Trinajstić information content (AvgIpc) is 3.50. The molecule has 166 valence electrons. The zero-order valence-electron chi connectivity index (χ0n) is 17.5. The van der Waals surface area contributed by atoms with Crippen LogP contribution >= 0.6 is 11.3 Å². The maximum Gasteiger partial charge on any atom is 0.279 e. The molecular formula is C23H18N4O5S. The number of ether oxygens (including phenoxy) is 2. The number of carbonyl (C=O) groups excluding carboxylic acids is 2. The van der Waals surface area contributed by atoms with Crippen LogP contribution in [0.1, 0.15) is 17.4 Å². The Balaban J connectivity index is 1.28. The topological polar surface area (TPSA) is 116 Å². The van der Waals surface area contributed by atoms with Gasteiger partial charge in [0, 0.05) is 22.6 Å². The number of carbonyl (C=O) groups is 2. The van der Waals surface area contributed by atoms with Crippen molar-refractivity contribution in [1.82, 2.24) is 10.1 Å². The maximum atomic E-state index is 12.6. The van der Waals surface area contributed by atoms with Crippen molar-refractivity contribution in [2.75, 3.05) is 23.8 Å². The number of nitrogens with zero attached hydrogens (tertiary/aromatic N) is 2. The number of thiazole rings is 1. The summed E-state index contributed by atoms with van der Waals surface area (Å²) in [6.07, 6.45) is 0. The summed E-state index contributed by atoms with van der Waals surface area (Å²) in [6, 6.07) is 14.3. The molecule has 0 radical (unpaired) electrons. The first-order valence-corrected chi connectivity index (χ1v) is 11.0. The molecule has 0 unspecified atom stereocenters. The summed E-state index contributed by atoms with van der Waals surface area (Å²) in [4.78, 5) is 28.6. The number of aromatic nitrogens is 2. The van der Waals surface area contributed by atoms with E-state index in [0.717, 1.165) is 16.9 Å². The molecule has 2 N–H and O–H groups in total. The van der Waals surface area contributed by atoms with E-state index < -0.39 is 5.91 Å². The number of hydrogen-bond donors (Lipinski definition) is 2. The molecule has 4 aromatic rings. The number of fused-ring (bicyclic) bond motifs is 1. The molecule has 5 rings (SSSR count). The summed E-state index contributed by atoms with van der Waals surface area (Å²) in [7, 11) is 0. The molecule has 2 aromatic heterocycles. The van der Waals surface area contributed by atoms with Gasteiger partial charge in [-0.1, -0.05) is 5.16 Å². The molecule has 2 aromatic carbocycles. The first-order chi connectivity index (χ1) is 16.1. The van der Waals surface area contributed by atoms with Gasteiger partial charge in [0.05, 0.1) is 18.0 Å². The molecule has 0 fully saturated rings. The zero-order valence-corrected chi connectivity index (χ0v) is 18.3. The largest absolute Gasteiger partial charge is 0.494 e. The highest BCUT2D eigenvalue weighted by atomic mass is 32.1. The Bertz CT molecular complexity index is 1330. The Kier molecular flexibility index (Phi) is 5.49. The summed E-state index contributed by atoms with van der Waals surface area (Å²) in [6.45, 7) is 2.51. The highest BCUT2D eigenvalue weighted by molar-refractivity contribution is 7.14. The average molecular weight is 462 g/mol. The lowest BCUT2D eigenvalue weighted by atomic mass is 10.1. The van der Waals surface area contributed by atoms with Crippen LogP contribution < -0.4 is 20.1 Å². The molecule has 10 heteroatoms. The molecule has 0 saturated heterocycles. The molecule has 1 aliphatic heterocycles. The maximum absolute atomic E-state index is 12.6. The van der Waals surface area contributed by atoms with E-state index in [0.29, 0.717) is 34.6 Å². The molecule has 0 atom stereocenters. The second kappa shape index (κ2) is 8.75. The predicted molar refractivity (Wildman–Crippen MR) is 123 cm³/mol. The van der Waals surface area contributed by atoms with Gasteiger partial charge in [0.25, 0.3) is 11.8 Å². The van der Waals surface area contributed by atoms with E-state index in [1.807, 2.05) is 42.6 Å². The minimum atomic E-state index is -0.428. The van der Waals surface area contributed by atoms with Gasteiger partial charge in [-0.2, -0.15) is 0 Å². The molecule has 33 heavy (non-hydrogen) atoms. The van der Waals surface area contributed by atoms with Gasteiger partial charge in [0.2, 0.25) is 0 Å². The number of nitrogens with one attached hydrogen (secondary N) is 2. The Morgan fingerprint density at radius 3 is 2.82 bits per heavy atom. The van der Waals surface area contributed by atoms with Gasteiger partial charge >= 0.3 is 0 Å². The highest BCUT2D eigenvalue weighted by Crippen LogP contribution is 2.34. The lowest BCUT2D eigenvalue weighted by Crippen LogP contribution is -2.25. The summed E-state index contributed by atoms with van der Waals surface area (Å²) in [5, 5.41) is 11.6. The van der Waals surface area contributed by atoms with Crippen molar-refractivity contribution in [3.63, 3.8) is 0 Å². The van der Waals surface area contributed by atoms with Crippen LogP contribution in [-0.4, -0.2) is 35.2 Å². The van der Waals surface area contributed by atoms with Crippen LogP contribution in [-0.2, 0) is 4.79 Å². The normalized spacial score (nSPS) is 12.5. The number of amides is 2. The third-order valence-corrected chi connectivity index (χ3v) is 5.58. The molecular weight excluding hydrogens is 444 g/mol. The minimum absolute atomic E-state index is 0.00156. The van der Waals surface area contributed by atoms with Gasteiger partial charge < -0.3 is 19.3 Å². The van der Waals surface area contributed by atoms with Gasteiger partial charge in [-0.05, 0) is 49.4 Å². The van der Waals surface area contributed by atoms with E-state index in [-0.39, 0.29) is 18.2 Å². The van der Waals surface area contributed by atoms with E-state index in [4.69, 9.17) is 14.0 Å². The number of anilines is 2. The first kappa shape index (κ1) is 20.7. The highest BCUT2D eigenvalue weighted by Gasteiger charge is 2.18. The van der Waals surface area contributed by atoms with Gasteiger partial charge in [0.15, 0.2) is 23.2 Å². The second-order valence-corrected chi connectivity index (χ2v) is 7.93. The monoisotopic (exact) mass is 462 g/mol. The molecule has 3 heterocycles. The third kappa shape index (κ3) is 4.41. The second-order valence-electron chi connectivity index (χ2n) is 7.07. The van der Waals surface area contributed by atoms with Crippen LogP contribution in [0, 0.1) is 0 Å². The number of hydrogen-bond acceptors (Lipinski definition) is 8. The number of benzene rings is 2. The van der Waals surface area contributed by atoms with Crippen molar-refractivity contribution in [2.45, 2.75) is 6.92 Å². The summed E-state index contributed by atoms with van der Waals surface area (Å²) in [5.74, 6) is 1.20. The SMILES string of the molecule is CCOc1ccc(-c2cc(C(=O)Nc3nc(-c4ccc5c(c4)NC(=O)CO5)cs3)no2)cc1. The van der Waals surface area contributed by atoms with Crippen molar-refractivity contribution in [3.8, 4) is 34.1 Å². The quantitative estimate of drug-likeness (QED) is 0.435. The van der Waals surface area contributed by atoms with Crippen LogP contribution in [0.25, 0.3) is 22.6 Å². The molecule has 0 bridgehead atoms. The fraction of sp³-hybridized carbons (Fsp3) is 0.130. The molecule has 1 aliphatic rings. The third-order valence-electron chi connectivity index (χ3n) is 4.83. The van der Waals surface area contributed by atoms with Crippen LogP contribution in [0.4, 0.5) is 10.8 Å². The fourth-order valence-electron chi connectivity index (χ4n) is 3.27. The molecule has 0 aliphatic carbocycles. The van der Waals surface area contributed by atoms with Crippen LogP contribution in [0.15, 0.2) is 58.4 Å². The molecule has 0 spiro atoms. The van der Waals surface area contributed by atoms with E-state index in [1.54, 1.807) is 18.2 Å². The Labute approximate surface area is 192 Å². The van der Waals surface area contributed by atoms with Gasteiger partial charge in [-0.15, -0.1) is 11.3 Å². The van der Waals surface area contributed by atoms with Crippen molar-refractivity contribution in [3.05, 3.63) is 59.6 Å². The fourth-order valence-corrected chi connectivity index (χ4v) is 3.98. The van der Waals surface area contributed by atoms with Crippen molar-refractivity contribution in [1.29, 1.82) is 0 Å². The first-order valence-electron chi connectivity index (χ1n) is 10.1. The summed E-state index contributed by atoms with van der Waals surface area (Å²) < 4.78 is 16.1. The van der Waals surface area contributed by atoms with Crippen LogP contribution in [0.3, 0.4) is 0 Å². The smallest absolute Gasteiger partial charge is 0.279 e. The lowest BCUT2D eigenvalue weighted by Gasteiger charge is -2.18. The minimum Gasteiger partial charge on any atom is -0.494 e. The van der Waals surface area contributed by atoms with Gasteiger partial charge in [-0.25, -0.2) is 4.98 Å². The zero-order chi connectivity index (χ0) is 22.8. The summed E-state index contributed by atoms with van der Waals surface area (Å²) in [5.41, 5.74) is 2.96. The Morgan fingerprint density at radius 2 is 2.00 bits per heavy atom. The molecule has 0 saturated carbocycles. The van der Waals surface area contributed by atoms with Crippen molar-refractivity contribution < 1.29 is 23.6 Å².